The first-order chi connectivity index (χ1) is 15.5. The van der Waals surface area contributed by atoms with Crippen LogP contribution in [-0.2, 0) is 19.1 Å². The third kappa shape index (κ3) is 16.6. The molecular formula is C27H48O6. The first-order valence-corrected chi connectivity index (χ1v) is 12.6. The average Bonchev–Trinajstić information content (AvgIpc) is 2.75. The summed E-state index contributed by atoms with van der Waals surface area (Å²) in [5, 5.41) is 21.4. The van der Waals surface area contributed by atoms with Crippen molar-refractivity contribution in [1.29, 1.82) is 0 Å². The molecule has 0 aromatic rings. The number of rotatable bonds is 19. The number of carbonyl (C=O) groups excluding carboxylic acids is 2. The Kier molecular flexibility index (Phi) is 16.9. The van der Waals surface area contributed by atoms with Crippen LogP contribution in [0.1, 0.15) is 105 Å². The van der Waals surface area contributed by atoms with E-state index in [0.29, 0.717) is 18.3 Å². The minimum atomic E-state index is -1.07. The van der Waals surface area contributed by atoms with Crippen LogP contribution >= 0.6 is 0 Å². The van der Waals surface area contributed by atoms with Gasteiger partial charge in [-0.2, -0.15) is 0 Å². The lowest BCUT2D eigenvalue weighted by Crippen LogP contribution is -2.39. The van der Waals surface area contributed by atoms with Gasteiger partial charge in [0.15, 0.2) is 0 Å². The van der Waals surface area contributed by atoms with Crippen molar-refractivity contribution in [1.82, 2.24) is 0 Å². The molecule has 192 valence electrons. The molecule has 0 aliphatic carbocycles. The maximum absolute atomic E-state index is 11.8. The van der Waals surface area contributed by atoms with Gasteiger partial charge in [0.2, 0.25) is 0 Å². The number of carbonyl (C=O) groups is 2. The predicted octanol–water partition coefficient (Wildman–Crippen LogP) is 5.65. The number of unbranched alkanes of at least 4 members (excludes halogenated alkanes) is 6. The zero-order chi connectivity index (χ0) is 25.3. The molecule has 2 N–H and O–H groups in total. The largest absolute Gasteiger partial charge is 0.456 e. The van der Waals surface area contributed by atoms with E-state index in [-0.39, 0.29) is 6.42 Å². The number of aliphatic hydroxyl groups is 2. The smallest absolute Gasteiger partial charge is 0.330 e. The minimum Gasteiger partial charge on any atom is -0.456 e. The third-order valence-electron chi connectivity index (χ3n) is 5.72. The Morgan fingerprint density at radius 3 is 1.85 bits per heavy atom. The van der Waals surface area contributed by atoms with Gasteiger partial charge in [-0.15, -0.1) is 0 Å². The van der Waals surface area contributed by atoms with Crippen LogP contribution in [0.25, 0.3) is 0 Å². The van der Waals surface area contributed by atoms with Crippen LogP contribution in [0, 0.1) is 5.41 Å². The van der Waals surface area contributed by atoms with Gasteiger partial charge >= 0.3 is 11.9 Å². The van der Waals surface area contributed by atoms with Crippen LogP contribution in [0.3, 0.4) is 0 Å². The van der Waals surface area contributed by atoms with Crippen molar-refractivity contribution in [3.63, 3.8) is 0 Å². The van der Waals surface area contributed by atoms with Crippen molar-refractivity contribution in [3.05, 3.63) is 25.3 Å². The lowest BCUT2D eigenvalue weighted by molar-refractivity contribution is -0.159. The Bertz CT molecular complexity index is 565. The van der Waals surface area contributed by atoms with Gasteiger partial charge < -0.3 is 19.7 Å². The number of hydrogen-bond acceptors (Lipinski definition) is 6. The molecule has 4 atom stereocenters. The first kappa shape index (κ1) is 31.3. The second-order valence-corrected chi connectivity index (χ2v) is 10.1. The van der Waals surface area contributed by atoms with Crippen LogP contribution in [0.4, 0.5) is 0 Å². The molecule has 0 amide bonds. The summed E-state index contributed by atoms with van der Waals surface area (Å²) < 4.78 is 10.7. The Labute approximate surface area is 201 Å². The lowest BCUT2D eigenvalue weighted by Gasteiger charge is -2.29. The summed E-state index contributed by atoms with van der Waals surface area (Å²) in [5.41, 5.74) is 0.355. The van der Waals surface area contributed by atoms with Crippen LogP contribution < -0.4 is 0 Å². The number of esters is 2. The zero-order valence-electron chi connectivity index (χ0n) is 21.4. The van der Waals surface area contributed by atoms with Gasteiger partial charge in [-0.05, 0) is 31.1 Å². The molecule has 0 saturated carbocycles. The summed E-state index contributed by atoms with van der Waals surface area (Å²) in [4.78, 5) is 23.5. The van der Waals surface area contributed by atoms with E-state index in [4.69, 9.17) is 9.47 Å². The molecule has 0 radical (unpaired) electrons. The Hall–Kier alpha value is -1.66. The molecule has 0 aromatic heterocycles. The van der Waals surface area contributed by atoms with Gasteiger partial charge in [0.1, 0.15) is 12.2 Å². The second kappa shape index (κ2) is 17.8. The average molecular weight is 469 g/mol. The number of hydrogen-bond donors (Lipinski definition) is 2. The molecule has 0 aromatic carbocycles. The number of ether oxygens (including phenoxy) is 2. The van der Waals surface area contributed by atoms with Gasteiger partial charge in [0, 0.05) is 18.6 Å². The topological polar surface area (TPSA) is 93.1 Å². The van der Waals surface area contributed by atoms with Crippen molar-refractivity contribution >= 4 is 11.9 Å². The predicted molar refractivity (Wildman–Crippen MR) is 133 cm³/mol. The molecule has 0 bridgehead atoms. The standard InChI is InChI=1S/C27H48O6/c1-7-10-14-18-23(32-25(30)8-2)22(29)20-24(33-26(31)9-3)21(28)17-15-12-11-13-16-19-27(4,5)6/h8-9,21-24,28-29H,2-3,7,10-20H2,1,4-6H3. The van der Waals surface area contributed by atoms with E-state index < -0.39 is 36.4 Å². The molecule has 6 heteroatoms. The minimum absolute atomic E-state index is 0.0203. The van der Waals surface area contributed by atoms with Crippen molar-refractivity contribution in [3.8, 4) is 0 Å². The van der Waals surface area contributed by atoms with E-state index in [1.807, 2.05) is 0 Å². The van der Waals surface area contributed by atoms with E-state index in [0.717, 1.165) is 57.1 Å². The molecule has 0 heterocycles. The van der Waals surface area contributed by atoms with E-state index in [9.17, 15) is 19.8 Å². The highest BCUT2D eigenvalue weighted by Gasteiger charge is 2.31. The summed E-state index contributed by atoms with van der Waals surface area (Å²) >= 11 is 0. The van der Waals surface area contributed by atoms with Gasteiger partial charge in [-0.3, -0.25) is 0 Å². The molecule has 33 heavy (non-hydrogen) atoms. The third-order valence-corrected chi connectivity index (χ3v) is 5.72. The van der Waals surface area contributed by atoms with Crippen LogP contribution in [0.15, 0.2) is 25.3 Å². The van der Waals surface area contributed by atoms with Gasteiger partial charge in [0.05, 0.1) is 12.2 Å². The molecule has 0 spiro atoms. The molecular weight excluding hydrogens is 420 g/mol. The summed E-state index contributed by atoms with van der Waals surface area (Å²) in [5.74, 6) is -1.26. The molecule has 6 nitrogen and oxygen atoms in total. The highest BCUT2D eigenvalue weighted by Crippen LogP contribution is 2.23. The van der Waals surface area contributed by atoms with Crippen molar-refractivity contribution in [2.75, 3.05) is 0 Å². The van der Waals surface area contributed by atoms with Gasteiger partial charge in [0.25, 0.3) is 0 Å². The van der Waals surface area contributed by atoms with E-state index in [2.05, 4.69) is 40.9 Å². The van der Waals surface area contributed by atoms with E-state index >= 15 is 0 Å². The fourth-order valence-electron chi connectivity index (χ4n) is 3.72. The van der Waals surface area contributed by atoms with Crippen molar-refractivity contribution in [2.45, 2.75) is 129 Å². The molecule has 0 saturated heterocycles. The number of aliphatic hydroxyl groups excluding tert-OH is 2. The van der Waals surface area contributed by atoms with Gasteiger partial charge in [-0.25, -0.2) is 9.59 Å². The van der Waals surface area contributed by atoms with E-state index in [1.54, 1.807) is 0 Å². The maximum Gasteiger partial charge on any atom is 0.330 e. The highest BCUT2D eigenvalue weighted by molar-refractivity contribution is 5.81. The van der Waals surface area contributed by atoms with Crippen LogP contribution in [0.5, 0.6) is 0 Å². The van der Waals surface area contributed by atoms with Crippen LogP contribution in [0.2, 0.25) is 0 Å². The maximum atomic E-state index is 11.8. The summed E-state index contributed by atoms with van der Waals surface area (Å²) in [6.45, 7) is 15.6. The van der Waals surface area contributed by atoms with E-state index in [1.165, 1.54) is 12.8 Å². The molecule has 4 unspecified atom stereocenters. The fraction of sp³-hybridized carbons (Fsp3) is 0.778. The summed E-state index contributed by atoms with van der Waals surface area (Å²) in [6, 6.07) is 0. The molecule has 0 aliphatic heterocycles. The fourth-order valence-corrected chi connectivity index (χ4v) is 3.72. The monoisotopic (exact) mass is 468 g/mol. The normalized spacial score (nSPS) is 15.2. The summed E-state index contributed by atoms with van der Waals surface area (Å²) in [7, 11) is 0. The Balaban J connectivity index is 4.81. The quantitative estimate of drug-likeness (QED) is 0.145. The first-order valence-electron chi connectivity index (χ1n) is 12.6. The summed E-state index contributed by atoms with van der Waals surface area (Å²) in [6.07, 6.45) is 8.58. The van der Waals surface area contributed by atoms with Crippen molar-refractivity contribution < 1.29 is 29.3 Å². The molecule has 0 rings (SSSR count). The SMILES string of the molecule is C=CC(=O)OC(CCCCC)C(O)CC(OC(=O)C=C)C(O)CCCCCCCC(C)(C)C. The molecule has 0 fully saturated rings. The van der Waals surface area contributed by atoms with Gasteiger partial charge in [-0.1, -0.05) is 85.8 Å². The molecule has 0 aliphatic rings. The highest BCUT2D eigenvalue weighted by atomic mass is 16.6. The Morgan fingerprint density at radius 1 is 0.788 bits per heavy atom. The van der Waals surface area contributed by atoms with Crippen LogP contribution in [-0.4, -0.2) is 46.6 Å². The lowest BCUT2D eigenvalue weighted by atomic mass is 9.89. The second-order valence-electron chi connectivity index (χ2n) is 10.1. The Morgan fingerprint density at radius 2 is 1.30 bits per heavy atom. The van der Waals surface area contributed by atoms with Crippen molar-refractivity contribution in [2.24, 2.45) is 5.41 Å². The zero-order valence-corrected chi connectivity index (χ0v) is 21.4.